The molecular weight excluding hydrogens is 180 g/mol. The van der Waals surface area contributed by atoms with E-state index in [1.807, 2.05) is 25.7 Å². The average molecular weight is 200 g/mol. The Bertz CT molecular complexity index is 196. The van der Waals surface area contributed by atoms with Crippen LogP contribution >= 0.6 is 0 Å². The molecule has 1 aliphatic heterocycles. The van der Waals surface area contributed by atoms with Crippen LogP contribution in [0.1, 0.15) is 27.2 Å². The monoisotopic (exact) mass is 200 g/mol. The zero-order valence-electron chi connectivity index (χ0n) is 9.19. The molecule has 1 amide bonds. The van der Waals surface area contributed by atoms with E-state index in [9.17, 15) is 4.79 Å². The van der Waals surface area contributed by atoms with Crippen LogP contribution < -0.4 is 5.73 Å². The van der Waals surface area contributed by atoms with Crippen LogP contribution in [0.5, 0.6) is 0 Å². The Labute approximate surface area is 85.4 Å². The third-order valence-corrected chi connectivity index (χ3v) is 2.27. The molecule has 1 aliphatic rings. The van der Waals surface area contributed by atoms with Crippen LogP contribution in [0.15, 0.2) is 0 Å². The Kier molecular flexibility index (Phi) is 3.89. The van der Waals surface area contributed by atoms with Gasteiger partial charge in [0.05, 0.1) is 12.2 Å². The van der Waals surface area contributed by atoms with Gasteiger partial charge in [-0.05, 0) is 20.8 Å². The van der Waals surface area contributed by atoms with Crippen molar-refractivity contribution in [2.45, 2.75) is 45.4 Å². The Morgan fingerprint density at radius 3 is 2.43 bits per heavy atom. The summed E-state index contributed by atoms with van der Waals surface area (Å²) in [6.45, 7) is 7.21. The van der Waals surface area contributed by atoms with Crippen molar-refractivity contribution in [3.63, 3.8) is 0 Å². The Hall–Kier alpha value is -0.610. The van der Waals surface area contributed by atoms with E-state index in [0.717, 1.165) is 0 Å². The minimum Gasteiger partial charge on any atom is -0.372 e. The van der Waals surface area contributed by atoms with Crippen molar-refractivity contribution >= 4 is 5.91 Å². The Balaban J connectivity index is 2.46. The van der Waals surface area contributed by atoms with E-state index in [1.54, 1.807) is 0 Å². The number of carbonyl (C=O) groups is 1. The number of carbonyl (C=O) groups excluding carboxylic acids is 1. The quantitative estimate of drug-likeness (QED) is 0.700. The molecule has 82 valence electrons. The summed E-state index contributed by atoms with van der Waals surface area (Å²) in [4.78, 5) is 13.5. The highest BCUT2D eigenvalue weighted by Crippen LogP contribution is 2.11. The fraction of sp³-hybridized carbons (Fsp3) is 0.900. The number of amides is 1. The summed E-state index contributed by atoms with van der Waals surface area (Å²) in [6.07, 6.45) is 0.700. The Morgan fingerprint density at radius 1 is 1.50 bits per heavy atom. The molecule has 0 aromatic rings. The molecule has 3 unspecified atom stereocenters. The van der Waals surface area contributed by atoms with Gasteiger partial charge in [-0.2, -0.15) is 0 Å². The summed E-state index contributed by atoms with van der Waals surface area (Å²) in [7, 11) is 0. The van der Waals surface area contributed by atoms with Gasteiger partial charge in [-0.15, -0.1) is 0 Å². The molecule has 0 bridgehead atoms. The summed E-state index contributed by atoms with van der Waals surface area (Å²) < 4.78 is 5.55. The number of ether oxygens (including phenoxy) is 1. The third kappa shape index (κ3) is 3.27. The van der Waals surface area contributed by atoms with Gasteiger partial charge in [-0.1, -0.05) is 0 Å². The normalized spacial score (nSPS) is 30.1. The van der Waals surface area contributed by atoms with Crippen molar-refractivity contribution in [1.82, 2.24) is 4.90 Å². The molecule has 14 heavy (non-hydrogen) atoms. The largest absolute Gasteiger partial charge is 0.372 e. The van der Waals surface area contributed by atoms with E-state index in [4.69, 9.17) is 10.5 Å². The number of rotatable bonds is 2. The second-order valence-corrected chi connectivity index (χ2v) is 4.24. The van der Waals surface area contributed by atoms with Gasteiger partial charge in [0.25, 0.3) is 0 Å². The predicted molar refractivity (Wildman–Crippen MR) is 54.9 cm³/mol. The Morgan fingerprint density at radius 2 is 2.00 bits per heavy atom. The van der Waals surface area contributed by atoms with Gasteiger partial charge in [-0.3, -0.25) is 4.79 Å². The molecular formula is C10H20N2O2. The summed E-state index contributed by atoms with van der Waals surface area (Å²) in [6, 6.07) is -0.0593. The molecule has 1 saturated heterocycles. The fourth-order valence-electron chi connectivity index (χ4n) is 1.79. The van der Waals surface area contributed by atoms with E-state index in [2.05, 4.69) is 0 Å². The number of hydrogen-bond acceptors (Lipinski definition) is 3. The van der Waals surface area contributed by atoms with Gasteiger partial charge in [0, 0.05) is 25.6 Å². The van der Waals surface area contributed by atoms with Gasteiger partial charge in [0.1, 0.15) is 0 Å². The van der Waals surface area contributed by atoms with Crippen LogP contribution in [-0.2, 0) is 9.53 Å². The molecule has 1 heterocycles. The SMILES string of the molecule is CC(N)CC(=O)N1CC(C)OC(C)C1. The maximum Gasteiger partial charge on any atom is 0.224 e. The van der Waals surface area contributed by atoms with Crippen LogP contribution in [-0.4, -0.2) is 42.1 Å². The number of nitrogens with two attached hydrogens (primary N) is 1. The maximum atomic E-state index is 11.7. The maximum absolute atomic E-state index is 11.7. The van der Waals surface area contributed by atoms with E-state index in [-0.39, 0.29) is 24.2 Å². The number of hydrogen-bond donors (Lipinski definition) is 1. The van der Waals surface area contributed by atoms with Gasteiger partial charge >= 0.3 is 0 Å². The number of morpholine rings is 1. The first kappa shape index (κ1) is 11.5. The molecule has 4 heteroatoms. The van der Waals surface area contributed by atoms with E-state index < -0.39 is 0 Å². The van der Waals surface area contributed by atoms with Crippen LogP contribution in [0.25, 0.3) is 0 Å². The van der Waals surface area contributed by atoms with E-state index in [1.165, 1.54) is 0 Å². The van der Waals surface area contributed by atoms with Gasteiger partial charge < -0.3 is 15.4 Å². The van der Waals surface area contributed by atoms with Crippen LogP contribution in [0.2, 0.25) is 0 Å². The van der Waals surface area contributed by atoms with Crippen molar-refractivity contribution in [2.24, 2.45) is 5.73 Å². The lowest BCUT2D eigenvalue weighted by Gasteiger charge is -2.35. The first-order valence-corrected chi connectivity index (χ1v) is 5.18. The van der Waals surface area contributed by atoms with Crippen LogP contribution in [0.4, 0.5) is 0 Å². The van der Waals surface area contributed by atoms with E-state index >= 15 is 0 Å². The van der Waals surface area contributed by atoms with Gasteiger partial charge in [0.2, 0.25) is 5.91 Å². The highest BCUT2D eigenvalue weighted by atomic mass is 16.5. The molecule has 0 radical (unpaired) electrons. The van der Waals surface area contributed by atoms with Crippen molar-refractivity contribution in [3.05, 3.63) is 0 Å². The smallest absolute Gasteiger partial charge is 0.224 e. The van der Waals surface area contributed by atoms with Crippen molar-refractivity contribution < 1.29 is 9.53 Å². The minimum atomic E-state index is -0.0593. The standard InChI is InChI=1S/C10H20N2O2/c1-7(11)4-10(13)12-5-8(2)14-9(3)6-12/h7-9H,4-6,11H2,1-3H3. The predicted octanol–water partition coefficient (Wildman–Crippen LogP) is 0.359. The summed E-state index contributed by atoms with van der Waals surface area (Å²) in [5.41, 5.74) is 5.59. The molecule has 0 spiro atoms. The second kappa shape index (κ2) is 4.75. The zero-order chi connectivity index (χ0) is 10.7. The van der Waals surface area contributed by atoms with E-state index in [0.29, 0.717) is 19.5 Å². The highest BCUT2D eigenvalue weighted by molar-refractivity contribution is 5.76. The lowest BCUT2D eigenvalue weighted by molar-refractivity contribution is -0.143. The fourth-order valence-corrected chi connectivity index (χ4v) is 1.79. The molecule has 1 fully saturated rings. The highest BCUT2D eigenvalue weighted by Gasteiger charge is 2.25. The van der Waals surface area contributed by atoms with Crippen molar-refractivity contribution in [3.8, 4) is 0 Å². The summed E-state index contributed by atoms with van der Waals surface area (Å²) in [5, 5.41) is 0. The van der Waals surface area contributed by atoms with Crippen molar-refractivity contribution in [1.29, 1.82) is 0 Å². The lowest BCUT2D eigenvalue weighted by atomic mass is 10.2. The molecule has 3 atom stereocenters. The topological polar surface area (TPSA) is 55.6 Å². The van der Waals surface area contributed by atoms with Gasteiger partial charge in [0.15, 0.2) is 0 Å². The molecule has 0 saturated carbocycles. The van der Waals surface area contributed by atoms with Gasteiger partial charge in [-0.25, -0.2) is 0 Å². The summed E-state index contributed by atoms with van der Waals surface area (Å²) in [5.74, 6) is 0.141. The molecule has 0 aromatic carbocycles. The molecule has 2 N–H and O–H groups in total. The van der Waals surface area contributed by atoms with Crippen LogP contribution in [0, 0.1) is 0 Å². The minimum absolute atomic E-state index is 0.0593. The molecule has 0 aliphatic carbocycles. The molecule has 1 rings (SSSR count). The molecule has 0 aromatic heterocycles. The zero-order valence-corrected chi connectivity index (χ0v) is 9.19. The second-order valence-electron chi connectivity index (χ2n) is 4.24. The summed E-state index contributed by atoms with van der Waals surface area (Å²) >= 11 is 0. The molecule has 4 nitrogen and oxygen atoms in total. The average Bonchev–Trinajstić information content (AvgIpc) is 2.00. The third-order valence-electron chi connectivity index (χ3n) is 2.27. The number of nitrogens with zero attached hydrogens (tertiary/aromatic N) is 1. The first-order valence-electron chi connectivity index (χ1n) is 5.18. The lowest BCUT2D eigenvalue weighted by Crippen LogP contribution is -2.49. The van der Waals surface area contributed by atoms with Crippen molar-refractivity contribution in [2.75, 3.05) is 13.1 Å². The van der Waals surface area contributed by atoms with Crippen LogP contribution in [0.3, 0.4) is 0 Å². The first-order chi connectivity index (χ1) is 6.49.